The summed E-state index contributed by atoms with van der Waals surface area (Å²) in [6.07, 6.45) is 0.795. The van der Waals surface area contributed by atoms with Crippen LogP contribution >= 0.6 is 0 Å². The quantitative estimate of drug-likeness (QED) is 0.860. The average Bonchev–Trinajstić information content (AvgIpc) is 2.70. The van der Waals surface area contributed by atoms with Gasteiger partial charge in [-0.15, -0.1) is 0 Å². The van der Waals surface area contributed by atoms with Crippen LogP contribution in [0.3, 0.4) is 0 Å². The summed E-state index contributed by atoms with van der Waals surface area (Å²) in [6.45, 7) is 6.58. The number of aryl methyl sites for hydroxylation is 1. The lowest BCUT2D eigenvalue weighted by atomic mass is 10.1. The maximum Gasteiger partial charge on any atom is 0.127 e. The molecule has 1 unspecified atom stereocenters. The minimum absolute atomic E-state index is 0.0571. The highest BCUT2D eigenvalue weighted by Gasteiger charge is 2.13. The van der Waals surface area contributed by atoms with Crippen molar-refractivity contribution in [2.75, 3.05) is 11.9 Å². The first-order valence-electron chi connectivity index (χ1n) is 7.17. The smallest absolute Gasteiger partial charge is 0.127 e. The monoisotopic (exact) mass is 291 g/mol. The molecule has 1 heterocycles. The zero-order chi connectivity index (χ0) is 15.4. The Morgan fingerprint density at radius 3 is 2.57 bits per heavy atom. The topological polar surface area (TPSA) is 50.1 Å². The number of benzene rings is 1. The number of hydrogen-bond acceptors (Lipinski definition) is 3. The Kier molecular flexibility index (Phi) is 4.96. The summed E-state index contributed by atoms with van der Waals surface area (Å²) in [4.78, 5) is 0. The Morgan fingerprint density at radius 2 is 1.95 bits per heavy atom. The van der Waals surface area contributed by atoms with E-state index in [1.807, 2.05) is 13.8 Å². The van der Waals surface area contributed by atoms with Gasteiger partial charge in [-0.25, -0.2) is 9.07 Å². The van der Waals surface area contributed by atoms with Gasteiger partial charge < -0.3 is 10.4 Å². The molecule has 0 amide bonds. The fourth-order valence-electron chi connectivity index (χ4n) is 2.37. The van der Waals surface area contributed by atoms with Gasteiger partial charge in [0.05, 0.1) is 18.8 Å². The Morgan fingerprint density at radius 1 is 1.29 bits per heavy atom. The summed E-state index contributed by atoms with van der Waals surface area (Å²) in [5.41, 5.74) is 3.13. The van der Waals surface area contributed by atoms with Crippen molar-refractivity contribution in [1.29, 1.82) is 0 Å². The van der Waals surface area contributed by atoms with E-state index in [9.17, 15) is 4.39 Å². The van der Waals surface area contributed by atoms with E-state index in [-0.39, 0.29) is 18.5 Å². The number of nitrogens with zero attached hydrogens (tertiary/aromatic N) is 2. The van der Waals surface area contributed by atoms with E-state index in [0.717, 1.165) is 29.1 Å². The molecule has 21 heavy (non-hydrogen) atoms. The molecule has 0 fully saturated rings. The van der Waals surface area contributed by atoms with Crippen molar-refractivity contribution in [1.82, 2.24) is 9.78 Å². The van der Waals surface area contributed by atoms with E-state index in [4.69, 9.17) is 5.11 Å². The number of nitrogens with one attached hydrogen (secondary N) is 1. The van der Waals surface area contributed by atoms with Crippen LogP contribution in [0.1, 0.15) is 23.7 Å². The Hall–Kier alpha value is -1.88. The van der Waals surface area contributed by atoms with Crippen molar-refractivity contribution in [3.63, 3.8) is 0 Å². The van der Waals surface area contributed by atoms with Crippen LogP contribution in [0.4, 0.5) is 10.2 Å². The molecule has 0 aliphatic rings. The molecule has 0 bridgehead atoms. The molecule has 0 aliphatic heterocycles. The fourth-order valence-corrected chi connectivity index (χ4v) is 2.37. The lowest BCUT2D eigenvalue weighted by molar-refractivity contribution is 0.270. The average molecular weight is 291 g/mol. The molecule has 114 valence electrons. The van der Waals surface area contributed by atoms with Gasteiger partial charge in [-0.2, -0.15) is 5.10 Å². The third-order valence-corrected chi connectivity index (χ3v) is 3.58. The first kappa shape index (κ1) is 15.5. The molecule has 2 rings (SSSR count). The summed E-state index contributed by atoms with van der Waals surface area (Å²) in [5, 5.41) is 17.0. The van der Waals surface area contributed by atoms with Crippen LogP contribution in [-0.2, 0) is 13.0 Å². The van der Waals surface area contributed by atoms with Gasteiger partial charge in [-0.1, -0.05) is 12.1 Å². The van der Waals surface area contributed by atoms with Gasteiger partial charge in [0.1, 0.15) is 11.6 Å². The highest BCUT2D eigenvalue weighted by atomic mass is 19.1. The Bertz CT molecular complexity index is 592. The SMILES string of the molecule is Cc1nn(CCO)c(NC(C)Cc2ccc(F)cc2)c1C. The van der Waals surface area contributed by atoms with Crippen molar-refractivity contribution < 1.29 is 9.50 Å². The van der Waals surface area contributed by atoms with Gasteiger partial charge in [0.15, 0.2) is 0 Å². The molecule has 0 spiro atoms. The standard InChI is InChI=1S/C16H22FN3O/c1-11(10-14-4-6-15(17)7-5-14)18-16-12(2)13(3)19-20(16)8-9-21/h4-7,11,18,21H,8-10H2,1-3H3. The largest absolute Gasteiger partial charge is 0.394 e. The van der Waals surface area contributed by atoms with Crippen LogP contribution in [0.25, 0.3) is 0 Å². The number of halogens is 1. The third-order valence-electron chi connectivity index (χ3n) is 3.58. The van der Waals surface area contributed by atoms with Gasteiger partial charge in [0.2, 0.25) is 0 Å². The van der Waals surface area contributed by atoms with E-state index < -0.39 is 0 Å². The minimum atomic E-state index is -0.216. The molecular formula is C16H22FN3O. The molecule has 1 aromatic heterocycles. The maximum atomic E-state index is 12.9. The zero-order valence-corrected chi connectivity index (χ0v) is 12.7. The van der Waals surface area contributed by atoms with Gasteiger partial charge in [0.25, 0.3) is 0 Å². The van der Waals surface area contributed by atoms with Gasteiger partial charge in [0, 0.05) is 11.6 Å². The fraction of sp³-hybridized carbons (Fsp3) is 0.438. The first-order chi connectivity index (χ1) is 10.0. The molecule has 1 atom stereocenters. The number of aliphatic hydroxyl groups excluding tert-OH is 1. The van der Waals surface area contributed by atoms with Crippen molar-refractivity contribution in [2.45, 2.75) is 39.8 Å². The van der Waals surface area contributed by atoms with Crippen molar-refractivity contribution in [2.24, 2.45) is 0 Å². The second-order valence-electron chi connectivity index (χ2n) is 5.38. The van der Waals surface area contributed by atoms with Crippen LogP contribution < -0.4 is 5.32 Å². The van der Waals surface area contributed by atoms with Crippen molar-refractivity contribution in [3.05, 3.63) is 46.9 Å². The minimum Gasteiger partial charge on any atom is -0.394 e. The van der Waals surface area contributed by atoms with E-state index in [1.54, 1.807) is 16.8 Å². The van der Waals surface area contributed by atoms with E-state index in [0.29, 0.717) is 6.54 Å². The van der Waals surface area contributed by atoms with Crippen molar-refractivity contribution in [3.8, 4) is 0 Å². The number of aliphatic hydroxyl groups is 1. The summed E-state index contributed by atoms with van der Waals surface area (Å²) in [7, 11) is 0. The molecular weight excluding hydrogens is 269 g/mol. The van der Waals surface area contributed by atoms with Crippen LogP contribution in [-0.4, -0.2) is 27.5 Å². The Labute approximate surface area is 124 Å². The molecule has 5 heteroatoms. The second-order valence-corrected chi connectivity index (χ2v) is 5.38. The molecule has 0 aliphatic carbocycles. The van der Waals surface area contributed by atoms with Crippen LogP contribution in [0.2, 0.25) is 0 Å². The van der Waals surface area contributed by atoms with E-state index in [2.05, 4.69) is 17.3 Å². The molecule has 0 saturated carbocycles. The highest BCUT2D eigenvalue weighted by molar-refractivity contribution is 5.47. The second kappa shape index (κ2) is 6.72. The van der Waals surface area contributed by atoms with Crippen LogP contribution in [0.15, 0.2) is 24.3 Å². The van der Waals surface area contributed by atoms with E-state index >= 15 is 0 Å². The summed E-state index contributed by atoms with van der Waals surface area (Å²) in [6, 6.07) is 6.75. The molecule has 2 N–H and O–H groups in total. The first-order valence-corrected chi connectivity index (χ1v) is 7.17. The predicted octanol–water partition coefficient (Wildman–Crippen LogP) is 2.67. The number of hydrogen-bond donors (Lipinski definition) is 2. The summed E-state index contributed by atoms with van der Waals surface area (Å²) >= 11 is 0. The number of aromatic nitrogens is 2. The Balaban J connectivity index is 2.08. The highest BCUT2D eigenvalue weighted by Crippen LogP contribution is 2.20. The molecule has 1 aromatic carbocycles. The lowest BCUT2D eigenvalue weighted by Crippen LogP contribution is -2.21. The summed E-state index contributed by atoms with van der Waals surface area (Å²) in [5.74, 6) is 0.725. The molecule has 2 aromatic rings. The number of anilines is 1. The molecule has 0 radical (unpaired) electrons. The van der Waals surface area contributed by atoms with Crippen LogP contribution in [0.5, 0.6) is 0 Å². The summed E-state index contributed by atoms with van der Waals surface area (Å²) < 4.78 is 14.7. The van der Waals surface area contributed by atoms with Crippen LogP contribution in [0, 0.1) is 19.7 Å². The predicted molar refractivity (Wildman–Crippen MR) is 82.0 cm³/mol. The molecule has 4 nitrogen and oxygen atoms in total. The maximum absolute atomic E-state index is 12.9. The normalized spacial score (nSPS) is 12.4. The van der Waals surface area contributed by atoms with E-state index in [1.165, 1.54) is 12.1 Å². The van der Waals surface area contributed by atoms with Gasteiger partial charge in [-0.3, -0.25) is 0 Å². The lowest BCUT2D eigenvalue weighted by Gasteiger charge is -2.17. The van der Waals surface area contributed by atoms with Gasteiger partial charge >= 0.3 is 0 Å². The molecule has 0 saturated heterocycles. The third kappa shape index (κ3) is 3.82. The number of rotatable bonds is 6. The van der Waals surface area contributed by atoms with Crippen molar-refractivity contribution >= 4 is 5.82 Å². The van der Waals surface area contributed by atoms with Gasteiger partial charge in [-0.05, 0) is 44.9 Å². The zero-order valence-electron chi connectivity index (χ0n) is 12.7.